The molecule has 2 aromatic heterocycles. The normalized spacial score (nSPS) is 11.2. The number of hydrogen-bond donors (Lipinski definition) is 0. The first-order valence-corrected chi connectivity index (χ1v) is 17.3. The molecule has 0 saturated carbocycles. The van der Waals surface area contributed by atoms with E-state index in [1.807, 2.05) is 25.1 Å². The van der Waals surface area contributed by atoms with E-state index < -0.39 is 0 Å². The van der Waals surface area contributed by atoms with Crippen LogP contribution < -0.4 is 0 Å². The highest BCUT2D eigenvalue weighted by atomic mass is 14.9. The van der Waals surface area contributed by atoms with Crippen LogP contribution in [0.4, 0.5) is 0 Å². The number of aryl methyl sites for hydroxylation is 1. The summed E-state index contributed by atoms with van der Waals surface area (Å²) in [6, 6.07) is 64.1. The molecule has 51 heavy (non-hydrogen) atoms. The maximum Gasteiger partial charge on any atom is 0.160 e. The molecule has 0 N–H and O–H groups in total. The average molecular weight is 652 g/mol. The van der Waals surface area contributed by atoms with E-state index in [-0.39, 0.29) is 0 Å². The van der Waals surface area contributed by atoms with Crippen molar-refractivity contribution >= 4 is 21.5 Å². The third-order valence-corrected chi connectivity index (χ3v) is 9.50. The third kappa shape index (κ3) is 5.96. The molecule has 3 heteroatoms. The molecule has 0 aliphatic carbocycles. The quantitative estimate of drug-likeness (QED) is 0.168. The number of pyridine rings is 1. The van der Waals surface area contributed by atoms with Crippen LogP contribution in [0.5, 0.6) is 0 Å². The lowest BCUT2D eigenvalue weighted by atomic mass is 9.89. The van der Waals surface area contributed by atoms with Gasteiger partial charge in [-0.2, -0.15) is 0 Å². The van der Waals surface area contributed by atoms with Crippen molar-refractivity contribution in [3.8, 4) is 67.4 Å². The second-order valence-corrected chi connectivity index (χ2v) is 12.9. The van der Waals surface area contributed by atoms with E-state index in [9.17, 15) is 0 Å². The Morgan fingerprint density at radius 3 is 1.47 bits per heavy atom. The van der Waals surface area contributed by atoms with Crippen molar-refractivity contribution in [2.24, 2.45) is 0 Å². The summed E-state index contributed by atoms with van der Waals surface area (Å²) >= 11 is 0. The van der Waals surface area contributed by atoms with Gasteiger partial charge < -0.3 is 0 Å². The maximum absolute atomic E-state index is 5.25. The average Bonchev–Trinajstić information content (AvgIpc) is 3.20. The van der Waals surface area contributed by atoms with Crippen molar-refractivity contribution in [1.82, 2.24) is 15.0 Å². The molecule has 9 rings (SSSR count). The standard InChI is InChI=1S/C48H33N3/c1-32-14-12-25-44(49-32)38-22-13-21-35(26-38)39-28-40(47-42-23-10-8-19-36(42)27-37-20-9-11-24-43(37)47)30-41(29-39)48-50-45(33-15-4-2-5-16-33)31-46(51-48)34-17-6-3-7-18-34/h2-31H,1H3. The third-order valence-electron chi connectivity index (χ3n) is 9.50. The molecule has 3 nitrogen and oxygen atoms in total. The number of fused-ring (bicyclic) bond motifs is 2. The molecule has 0 atom stereocenters. The molecule has 0 spiro atoms. The summed E-state index contributed by atoms with van der Waals surface area (Å²) in [7, 11) is 0. The van der Waals surface area contributed by atoms with Gasteiger partial charge in [0.2, 0.25) is 0 Å². The summed E-state index contributed by atoms with van der Waals surface area (Å²) in [4.78, 5) is 15.3. The zero-order valence-electron chi connectivity index (χ0n) is 28.2. The molecule has 0 saturated heterocycles. The van der Waals surface area contributed by atoms with E-state index in [4.69, 9.17) is 15.0 Å². The van der Waals surface area contributed by atoms with E-state index >= 15 is 0 Å². The topological polar surface area (TPSA) is 38.7 Å². The molecule has 0 amide bonds. The summed E-state index contributed by atoms with van der Waals surface area (Å²) in [5.74, 6) is 0.680. The second-order valence-electron chi connectivity index (χ2n) is 12.9. The second kappa shape index (κ2) is 13.0. The predicted octanol–water partition coefficient (Wildman–Crippen LogP) is 12.5. The number of benzene rings is 7. The van der Waals surface area contributed by atoms with Crippen molar-refractivity contribution in [2.45, 2.75) is 6.92 Å². The van der Waals surface area contributed by atoms with Gasteiger partial charge in [0.25, 0.3) is 0 Å². The number of aromatic nitrogens is 3. The van der Waals surface area contributed by atoms with Gasteiger partial charge in [-0.3, -0.25) is 4.98 Å². The Morgan fingerprint density at radius 2 is 0.824 bits per heavy atom. The van der Waals surface area contributed by atoms with Crippen LogP contribution in [0.2, 0.25) is 0 Å². The Kier molecular flexibility index (Phi) is 7.71. The van der Waals surface area contributed by atoms with Crippen molar-refractivity contribution in [1.29, 1.82) is 0 Å². The Bertz CT molecular complexity index is 2590. The van der Waals surface area contributed by atoms with Crippen LogP contribution in [0.25, 0.3) is 89.0 Å². The molecule has 0 aliphatic heterocycles. The minimum atomic E-state index is 0.680. The van der Waals surface area contributed by atoms with E-state index in [2.05, 4.69) is 164 Å². The first-order valence-electron chi connectivity index (χ1n) is 17.3. The highest BCUT2D eigenvalue weighted by Crippen LogP contribution is 2.41. The molecular weight excluding hydrogens is 619 g/mol. The molecule has 0 aliphatic rings. The molecule has 240 valence electrons. The van der Waals surface area contributed by atoms with Crippen LogP contribution in [-0.2, 0) is 0 Å². The Hall–Kier alpha value is -6.71. The first kappa shape index (κ1) is 30.4. The Morgan fingerprint density at radius 1 is 0.314 bits per heavy atom. The minimum Gasteiger partial charge on any atom is -0.253 e. The highest BCUT2D eigenvalue weighted by Gasteiger charge is 2.17. The molecule has 2 heterocycles. The maximum atomic E-state index is 5.25. The lowest BCUT2D eigenvalue weighted by Gasteiger charge is -2.16. The Balaban J connectivity index is 1.33. The van der Waals surface area contributed by atoms with Crippen LogP contribution in [0.15, 0.2) is 182 Å². The van der Waals surface area contributed by atoms with Gasteiger partial charge >= 0.3 is 0 Å². The molecule has 0 radical (unpaired) electrons. The summed E-state index contributed by atoms with van der Waals surface area (Å²) in [5, 5.41) is 4.83. The van der Waals surface area contributed by atoms with E-state index in [1.54, 1.807) is 0 Å². The molecule has 0 bridgehead atoms. The molecule has 9 aromatic rings. The van der Waals surface area contributed by atoms with Crippen LogP contribution >= 0.6 is 0 Å². The summed E-state index contributed by atoms with van der Waals surface area (Å²) in [6.45, 7) is 2.03. The fourth-order valence-corrected chi connectivity index (χ4v) is 7.04. The van der Waals surface area contributed by atoms with Crippen LogP contribution in [0.1, 0.15) is 5.69 Å². The van der Waals surface area contributed by atoms with E-state index in [0.717, 1.165) is 61.7 Å². The van der Waals surface area contributed by atoms with Gasteiger partial charge in [0, 0.05) is 27.9 Å². The van der Waals surface area contributed by atoms with Crippen LogP contribution in [0, 0.1) is 6.92 Å². The van der Waals surface area contributed by atoms with Gasteiger partial charge in [-0.25, -0.2) is 9.97 Å². The minimum absolute atomic E-state index is 0.680. The van der Waals surface area contributed by atoms with Crippen molar-refractivity contribution in [3.05, 3.63) is 188 Å². The molecule has 0 fully saturated rings. The van der Waals surface area contributed by atoms with Crippen molar-refractivity contribution in [3.63, 3.8) is 0 Å². The SMILES string of the molecule is Cc1cccc(-c2cccc(-c3cc(-c4nc(-c5ccccc5)cc(-c5ccccc5)n4)cc(-c4c5ccccc5cc5ccccc45)c3)c2)n1. The zero-order valence-corrected chi connectivity index (χ0v) is 28.2. The van der Waals surface area contributed by atoms with Gasteiger partial charge in [0.1, 0.15) is 0 Å². The van der Waals surface area contributed by atoms with E-state index in [1.165, 1.54) is 27.1 Å². The fraction of sp³-hybridized carbons (Fsp3) is 0.0208. The smallest absolute Gasteiger partial charge is 0.160 e. The van der Waals surface area contributed by atoms with Crippen LogP contribution in [-0.4, -0.2) is 15.0 Å². The molecule has 7 aromatic carbocycles. The number of nitrogens with zero attached hydrogens (tertiary/aromatic N) is 3. The predicted molar refractivity (Wildman–Crippen MR) is 212 cm³/mol. The largest absolute Gasteiger partial charge is 0.253 e. The lowest BCUT2D eigenvalue weighted by Crippen LogP contribution is -1.97. The Labute approximate surface area is 297 Å². The van der Waals surface area contributed by atoms with Gasteiger partial charge in [-0.15, -0.1) is 0 Å². The monoisotopic (exact) mass is 651 g/mol. The van der Waals surface area contributed by atoms with Crippen molar-refractivity contribution in [2.75, 3.05) is 0 Å². The summed E-state index contributed by atoms with van der Waals surface area (Å²) in [5.41, 5.74) is 12.4. The van der Waals surface area contributed by atoms with Gasteiger partial charge in [0.05, 0.1) is 17.1 Å². The van der Waals surface area contributed by atoms with Gasteiger partial charge in [-0.1, -0.05) is 133 Å². The van der Waals surface area contributed by atoms with Crippen LogP contribution in [0.3, 0.4) is 0 Å². The van der Waals surface area contributed by atoms with Gasteiger partial charge in [-0.05, 0) is 99.3 Å². The van der Waals surface area contributed by atoms with Gasteiger partial charge in [0.15, 0.2) is 5.82 Å². The summed E-state index contributed by atoms with van der Waals surface area (Å²) < 4.78 is 0. The lowest BCUT2D eigenvalue weighted by molar-refractivity contribution is 1.18. The van der Waals surface area contributed by atoms with E-state index in [0.29, 0.717) is 5.82 Å². The zero-order chi connectivity index (χ0) is 34.1. The molecular formula is C48H33N3. The fourth-order valence-electron chi connectivity index (χ4n) is 7.04. The molecule has 0 unspecified atom stereocenters. The summed E-state index contributed by atoms with van der Waals surface area (Å²) in [6.07, 6.45) is 0. The first-order chi connectivity index (χ1) is 25.2. The highest BCUT2D eigenvalue weighted by molar-refractivity contribution is 6.13. The van der Waals surface area contributed by atoms with Crippen molar-refractivity contribution < 1.29 is 0 Å². The number of rotatable bonds is 6. The number of hydrogen-bond acceptors (Lipinski definition) is 3.